The summed E-state index contributed by atoms with van der Waals surface area (Å²) in [5, 5.41) is 4.87. The molecule has 29 heavy (non-hydrogen) atoms. The van der Waals surface area contributed by atoms with Crippen molar-refractivity contribution in [1.82, 2.24) is 15.6 Å². The molecule has 1 aliphatic rings. The van der Waals surface area contributed by atoms with Gasteiger partial charge in [-0.25, -0.2) is 10.9 Å². The van der Waals surface area contributed by atoms with Crippen molar-refractivity contribution in [2.45, 2.75) is 24.9 Å². The summed E-state index contributed by atoms with van der Waals surface area (Å²) in [6.45, 7) is -0.161. The summed E-state index contributed by atoms with van der Waals surface area (Å²) >= 11 is 0. The van der Waals surface area contributed by atoms with Crippen molar-refractivity contribution in [3.8, 4) is 0 Å². The van der Waals surface area contributed by atoms with Crippen LogP contribution in [0.2, 0.25) is 0 Å². The van der Waals surface area contributed by atoms with E-state index in [2.05, 4.69) is 20.5 Å². The largest absolute Gasteiger partial charge is 0.418 e. The van der Waals surface area contributed by atoms with Gasteiger partial charge in [-0.2, -0.15) is 13.2 Å². The molecule has 2 aromatic rings. The van der Waals surface area contributed by atoms with Crippen LogP contribution in [-0.2, 0) is 15.8 Å². The molecule has 0 bridgehead atoms. The van der Waals surface area contributed by atoms with Gasteiger partial charge in [-0.3, -0.25) is 9.59 Å². The predicted octanol–water partition coefficient (Wildman–Crippen LogP) is 1.45. The van der Waals surface area contributed by atoms with E-state index in [1.807, 2.05) is 0 Å². The summed E-state index contributed by atoms with van der Waals surface area (Å²) in [6.07, 6.45) is -2.99. The maximum absolute atomic E-state index is 13.6. The summed E-state index contributed by atoms with van der Waals surface area (Å²) in [6, 6.07) is 3.87. The molecule has 0 atom stereocenters. The van der Waals surface area contributed by atoms with Crippen LogP contribution in [0.4, 0.5) is 18.9 Å². The number of nitrogens with two attached hydrogens (primary N) is 2. The van der Waals surface area contributed by atoms with Crippen molar-refractivity contribution in [2.75, 3.05) is 25.4 Å². The number of anilines is 1. The van der Waals surface area contributed by atoms with E-state index < -0.39 is 35.6 Å². The monoisotopic (exact) mass is 411 g/mol. The average Bonchev–Trinajstić information content (AvgIpc) is 3.50. The predicted molar refractivity (Wildman–Crippen MR) is 98.6 cm³/mol. The number of fused-ring (bicyclic) bond motifs is 1. The number of halogens is 3. The van der Waals surface area contributed by atoms with Crippen LogP contribution in [0.25, 0.3) is 10.9 Å². The standard InChI is InChI=1S/C18H20F3N5O3/c19-18(20,21)12-6-10(9-1-2-9)5-11-13(22)7-14(26-16(11)12)17(28)25-8-15(27)24-3-4-29-23/h5-7,9H,1-4,8,23H2,(H2,22,26)(H,24,27)(H,25,28). The zero-order valence-corrected chi connectivity index (χ0v) is 15.3. The number of nitrogens with zero attached hydrogens (tertiary/aromatic N) is 1. The van der Waals surface area contributed by atoms with Crippen LogP contribution in [0.15, 0.2) is 18.2 Å². The second-order valence-corrected chi connectivity index (χ2v) is 6.74. The normalized spacial score (nSPS) is 14.1. The van der Waals surface area contributed by atoms with E-state index in [0.717, 1.165) is 18.9 Å². The lowest BCUT2D eigenvalue weighted by Gasteiger charge is -2.15. The van der Waals surface area contributed by atoms with Gasteiger partial charge in [0.1, 0.15) is 5.69 Å². The highest BCUT2D eigenvalue weighted by Gasteiger charge is 2.36. The summed E-state index contributed by atoms with van der Waals surface area (Å²) in [4.78, 5) is 32.1. The third kappa shape index (κ3) is 4.93. The Labute approximate surface area is 163 Å². The van der Waals surface area contributed by atoms with Crippen molar-refractivity contribution < 1.29 is 27.6 Å². The number of alkyl halides is 3. The number of rotatable bonds is 7. The number of carbonyl (C=O) groups is 2. The highest BCUT2D eigenvalue weighted by Crippen LogP contribution is 2.44. The number of nitrogens with one attached hydrogen (secondary N) is 2. The third-order valence-corrected chi connectivity index (χ3v) is 4.51. The van der Waals surface area contributed by atoms with E-state index in [1.165, 1.54) is 6.07 Å². The lowest BCUT2D eigenvalue weighted by Crippen LogP contribution is -2.38. The minimum Gasteiger partial charge on any atom is -0.398 e. The second kappa shape index (κ2) is 8.21. The smallest absolute Gasteiger partial charge is 0.398 e. The molecular weight excluding hydrogens is 391 g/mol. The molecule has 1 saturated carbocycles. The molecule has 156 valence electrons. The fourth-order valence-electron chi connectivity index (χ4n) is 2.92. The topological polar surface area (TPSA) is 132 Å². The van der Waals surface area contributed by atoms with Crippen molar-refractivity contribution in [2.24, 2.45) is 5.90 Å². The molecule has 1 fully saturated rings. The Hall–Kier alpha value is -2.92. The summed E-state index contributed by atoms with van der Waals surface area (Å²) in [5.41, 5.74) is 4.88. The zero-order chi connectivity index (χ0) is 21.2. The third-order valence-electron chi connectivity index (χ3n) is 4.51. The fraction of sp³-hybridized carbons (Fsp3) is 0.389. The number of nitrogen functional groups attached to an aromatic ring is 1. The van der Waals surface area contributed by atoms with Gasteiger partial charge in [0.2, 0.25) is 5.91 Å². The van der Waals surface area contributed by atoms with Crippen LogP contribution in [0.5, 0.6) is 0 Å². The van der Waals surface area contributed by atoms with Crippen molar-refractivity contribution in [1.29, 1.82) is 0 Å². The van der Waals surface area contributed by atoms with Crippen molar-refractivity contribution >= 4 is 28.4 Å². The molecule has 1 aliphatic carbocycles. The molecule has 1 aromatic carbocycles. The van der Waals surface area contributed by atoms with Crippen LogP contribution < -0.4 is 22.3 Å². The molecule has 3 rings (SSSR count). The van der Waals surface area contributed by atoms with Crippen LogP contribution in [0, 0.1) is 0 Å². The lowest BCUT2D eigenvalue weighted by atomic mass is 10.00. The van der Waals surface area contributed by atoms with Crippen LogP contribution in [0.1, 0.15) is 40.4 Å². The number of aromatic nitrogens is 1. The molecule has 6 N–H and O–H groups in total. The highest BCUT2D eigenvalue weighted by molar-refractivity contribution is 6.01. The van der Waals surface area contributed by atoms with E-state index in [4.69, 9.17) is 11.6 Å². The Morgan fingerprint density at radius 1 is 1.21 bits per heavy atom. The minimum absolute atomic E-state index is 0.0118. The molecule has 0 spiro atoms. The highest BCUT2D eigenvalue weighted by atomic mass is 19.4. The molecule has 0 aliphatic heterocycles. The van der Waals surface area contributed by atoms with E-state index in [0.29, 0.717) is 5.56 Å². The minimum atomic E-state index is -4.65. The van der Waals surface area contributed by atoms with Gasteiger partial charge in [0.25, 0.3) is 5.91 Å². The molecular formula is C18H20F3N5O3. The first kappa shape index (κ1) is 20.8. The molecule has 1 aromatic heterocycles. The van der Waals surface area contributed by atoms with E-state index in [9.17, 15) is 22.8 Å². The summed E-state index contributed by atoms with van der Waals surface area (Å²) < 4.78 is 40.8. The first-order chi connectivity index (χ1) is 13.7. The Morgan fingerprint density at radius 3 is 2.55 bits per heavy atom. The molecule has 2 amide bonds. The molecule has 11 heteroatoms. The maximum atomic E-state index is 13.6. The summed E-state index contributed by atoms with van der Waals surface area (Å²) in [7, 11) is 0. The zero-order valence-electron chi connectivity index (χ0n) is 15.3. The number of hydrogen-bond donors (Lipinski definition) is 4. The van der Waals surface area contributed by atoms with Gasteiger partial charge in [-0.05, 0) is 42.5 Å². The van der Waals surface area contributed by atoms with Crippen LogP contribution >= 0.6 is 0 Å². The Bertz CT molecular complexity index is 944. The molecule has 0 saturated heterocycles. The van der Waals surface area contributed by atoms with Crippen LogP contribution in [-0.4, -0.2) is 36.5 Å². The van der Waals surface area contributed by atoms with Crippen molar-refractivity contribution in [3.05, 3.63) is 35.0 Å². The van der Waals surface area contributed by atoms with Gasteiger partial charge in [-0.15, -0.1) is 0 Å². The number of amides is 2. The van der Waals surface area contributed by atoms with Gasteiger partial charge in [0.15, 0.2) is 0 Å². The molecule has 0 unspecified atom stereocenters. The molecule has 0 radical (unpaired) electrons. The lowest BCUT2D eigenvalue weighted by molar-refractivity contribution is -0.136. The maximum Gasteiger partial charge on any atom is 0.418 e. The molecule has 8 nitrogen and oxygen atoms in total. The fourth-order valence-corrected chi connectivity index (χ4v) is 2.92. The number of carbonyl (C=O) groups excluding carboxylic acids is 2. The van der Waals surface area contributed by atoms with Gasteiger partial charge < -0.3 is 21.2 Å². The number of benzene rings is 1. The number of pyridine rings is 1. The van der Waals surface area contributed by atoms with Gasteiger partial charge >= 0.3 is 6.18 Å². The van der Waals surface area contributed by atoms with Gasteiger partial charge in [-0.1, -0.05) is 0 Å². The van der Waals surface area contributed by atoms with Gasteiger partial charge in [0, 0.05) is 17.6 Å². The van der Waals surface area contributed by atoms with E-state index in [1.54, 1.807) is 6.07 Å². The Morgan fingerprint density at radius 2 is 1.93 bits per heavy atom. The van der Waals surface area contributed by atoms with Crippen molar-refractivity contribution in [3.63, 3.8) is 0 Å². The van der Waals surface area contributed by atoms with E-state index >= 15 is 0 Å². The quantitative estimate of drug-likeness (QED) is 0.403. The SMILES string of the molecule is NOCCNC(=O)CNC(=O)c1cc(N)c2cc(C3CC3)cc(C(F)(F)F)c2n1. The number of hydrogen-bond acceptors (Lipinski definition) is 6. The van der Waals surface area contributed by atoms with Crippen LogP contribution in [0.3, 0.4) is 0 Å². The first-order valence-electron chi connectivity index (χ1n) is 8.88. The summed E-state index contributed by atoms with van der Waals surface area (Å²) in [5.74, 6) is 3.58. The second-order valence-electron chi connectivity index (χ2n) is 6.74. The van der Waals surface area contributed by atoms with E-state index in [-0.39, 0.29) is 35.8 Å². The Balaban J connectivity index is 1.87. The van der Waals surface area contributed by atoms with Gasteiger partial charge in [0.05, 0.1) is 24.2 Å². The molecule has 1 heterocycles. The average molecular weight is 411 g/mol. The Kier molecular flexibility index (Phi) is 5.89. The first-order valence-corrected chi connectivity index (χ1v) is 8.88.